The van der Waals surface area contributed by atoms with Gasteiger partial charge in [-0.25, -0.2) is 4.39 Å². The molecule has 0 N–H and O–H groups in total. The van der Waals surface area contributed by atoms with Crippen LogP contribution < -0.4 is 52.2 Å². The number of pyridine rings is 1. The average Bonchev–Trinajstić information content (AvgIpc) is 3.01. The Bertz CT molecular complexity index is 1750. The van der Waals surface area contributed by atoms with Gasteiger partial charge in [-0.1, -0.05) is 30.3 Å². The zero-order valence-corrected chi connectivity index (χ0v) is 26.8. The number of ether oxygens (including phenoxy) is 5. The molecule has 0 aliphatic rings. The lowest BCUT2D eigenvalue weighted by atomic mass is 9.95. The van der Waals surface area contributed by atoms with Crippen LogP contribution in [0, 0.1) is 12.7 Å². The molecule has 218 valence electrons. The van der Waals surface area contributed by atoms with Gasteiger partial charge in [-0.3, -0.25) is 0 Å². The van der Waals surface area contributed by atoms with E-state index < -0.39 is 0 Å². The smallest absolute Gasteiger partial charge is 0.213 e. The molecule has 0 radical (unpaired) electrons. The number of rotatable bonds is 8. The molecule has 0 fully saturated rings. The van der Waals surface area contributed by atoms with Crippen LogP contribution in [0.5, 0.6) is 28.7 Å². The summed E-state index contributed by atoms with van der Waals surface area (Å²) >= 11 is 0. The van der Waals surface area contributed by atoms with E-state index in [0.717, 1.165) is 50.0 Å². The standard InChI is InChI=1S/C34H33FNO5.HI/c1-20-31-25(19-30(38-4)33(40-6)34(31)41-7)17-28(36(20)2)24-16-27(32(39-5)29(18-24)37-3)23-10-8-9-22(15-23)21-11-13-26(35)14-12-21;/h8-19H,1-7H3;1H/q+1;/p-1. The van der Waals surface area contributed by atoms with Gasteiger partial charge in [0.15, 0.2) is 28.7 Å². The van der Waals surface area contributed by atoms with Crippen LogP contribution in [0.1, 0.15) is 5.69 Å². The molecule has 0 atom stereocenters. The lowest BCUT2D eigenvalue weighted by Gasteiger charge is -2.18. The first-order valence-electron chi connectivity index (χ1n) is 13.1. The minimum atomic E-state index is -0.267. The van der Waals surface area contributed by atoms with E-state index in [9.17, 15) is 4.39 Å². The number of hydrogen-bond donors (Lipinski definition) is 0. The van der Waals surface area contributed by atoms with Crippen LogP contribution >= 0.6 is 0 Å². The maximum absolute atomic E-state index is 13.6. The van der Waals surface area contributed by atoms with Crippen LogP contribution in [-0.4, -0.2) is 35.5 Å². The molecule has 4 aromatic carbocycles. The highest BCUT2D eigenvalue weighted by molar-refractivity contribution is 5.96. The number of fused-ring (bicyclic) bond motifs is 1. The molecule has 1 aromatic heterocycles. The van der Waals surface area contributed by atoms with Gasteiger partial charge in [0.1, 0.15) is 12.9 Å². The van der Waals surface area contributed by atoms with Gasteiger partial charge in [0.05, 0.1) is 46.5 Å². The fourth-order valence-corrected chi connectivity index (χ4v) is 5.37. The van der Waals surface area contributed by atoms with Gasteiger partial charge in [-0.15, -0.1) is 0 Å². The Morgan fingerprint density at radius 2 is 1.21 bits per heavy atom. The summed E-state index contributed by atoms with van der Waals surface area (Å²) in [4.78, 5) is 0. The normalized spacial score (nSPS) is 10.7. The number of hydrogen-bond acceptors (Lipinski definition) is 5. The van der Waals surface area contributed by atoms with E-state index in [-0.39, 0.29) is 29.8 Å². The quantitative estimate of drug-likeness (QED) is 0.182. The van der Waals surface area contributed by atoms with Crippen molar-refractivity contribution in [2.45, 2.75) is 6.92 Å². The van der Waals surface area contributed by atoms with E-state index in [4.69, 9.17) is 23.7 Å². The summed E-state index contributed by atoms with van der Waals surface area (Å²) in [5, 5.41) is 1.88. The minimum absolute atomic E-state index is 0. The maximum atomic E-state index is 13.6. The van der Waals surface area contributed by atoms with Gasteiger partial charge < -0.3 is 47.7 Å². The molecule has 5 aromatic rings. The molecule has 1 heterocycles. The molecule has 6 nitrogen and oxygen atoms in total. The SMILES string of the molecule is COc1cc(-c2cc3cc(OC)c(OC)c(OC)c3c(C)[n+]2C)cc(-c2cccc(-c3ccc(F)cc3)c2)c1OC.[I-]. The third kappa shape index (κ3) is 5.43. The molecule has 0 spiro atoms. The number of nitrogens with zero attached hydrogens (tertiary/aromatic N) is 1. The Kier molecular flexibility index (Phi) is 9.46. The first kappa shape index (κ1) is 30.9. The molecule has 5 rings (SSSR count). The summed E-state index contributed by atoms with van der Waals surface area (Å²) < 4.78 is 44.4. The van der Waals surface area contributed by atoms with Crippen molar-refractivity contribution in [3.8, 4) is 62.3 Å². The number of benzene rings is 4. The predicted octanol–water partition coefficient (Wildman–Crippen LogP) is 4.16. The summed E-state index contributed by atoms with van der Waals surface area (Å²) in [6.45, 7) is 2.05. The second kappa shape index (κ2) is 12.9. The van der Waals surface area contributed by atoms with Crippen LogP contribution in [0.15, 0.2) is 72.8 Å². The fraction of sp³-hybridized carbons (Fsp3) is 0.206. The third-order valence-corrected chi connectivity index (χ3v) is 7.50. The van der Waals surface area contributed by atoms with E-state index >= 15 is 0 Å². The van der Waals surface area contributed by atoms with E-state index in [1.807, 2.05) is 44.3 Å². The van der Waals surface area contributed by atoms with Crippen molar-refractivity contribution in [3.05, 3.63) is 84.3 Å². The Hall–Kier alpha value is -4.05. The highest BCUT2D eigenvalue weighted by atomic mass is 127. The maximum Gasteiger partial charge on any atom is 0.213 e. The summed E-state index contributed by atoms with van der Waals surface area (Å²) in [6.07, 6.45) is 0. The van der Waals surface area contributed by atoms with Gasteiger partial charge >= 0.3 is 0 Å². The average molecular weight is 682 g/mol. The summed E-state index contributed by atoms with van der Waals surface area (Å²) in [5.74, 6) is 2.72. The molecule has 8 heteroatoms. The van der Waals surface area contributed by atoms with E-state index in [1.165, 1.54) is 12.1 Å². The van der Waals surface area contributed by atoms with Crippen molar-refractivity contribution in [3.63, 3.8) is 0 Å². The third-order valence-electron chi connectivity index (χ3n) is 7.50. The van der Waals surface area contributed by atoms with Gasteiger partial charge in [-0.05, 0) is 53.1 Å². The van der Waals surface area contributed by atoms with Gasteiger partial charge in [0, 0.05) is 23.9 Å². The number of methoxy groups -OCH3 is 5. The summed E-state index contributed by atoms with van der Waals surface area (Å²) in [6, 6.07) is 22.7. The summed E-state index contributed by atoms with van der Waals surface area (Å²) in [5.41, 5.74) is 6.59. The van der Waals surface area contributed by atoms with Crippen LogP contribution in [-0.2, 0) is 7.05 Å². The molecule has 0 unspecified atom stereocenters. The number of aryl methyl sites for hydroxylation is 1. The first-order chi connectivity index (χ1) is 19.8. The molecule has 0 saturated heterocycles. The largest absolute Gasteiger partial charge is 1.00 e. The second-order valence-electron chi connectivity index (χ2n) is 9.63. The molecule has 0 aliphatic heterocycles. The van der Waals surface area contributed by atoms with Gasteiger partial charge in [0.2, 0.25) is 11.4 Å². The lowest BCUT2D eigenvalue weighted by Crippen LogP contribution is -3.00. The van der Waals surface area contributed by atoms with Gasteiger partial charge in [-0.2, -0.15) is 4.57 Å². The zero-order valence-electron chi connectivity index (χ0n) is 24.7. The lowest BCUT2D eigenvalue weighted by molar-refractivity contribution is -0.665. The highest BCUT2D eigenvalue weighted by Crippen LogP contribution is 2.46. The topological polar surface area (TPSA) is 50.0 Å². The van der Waals surface area contributed by atoms with Crippen molar-refractivity contribution in [2.75, 3.05) is 35.5 Å². The first-order valence-corrected chi connectivity index (χ1v) is 13.1. The second-order valence-corrected chi connectivity index (χ2v) is 9.63. The van der Waals surface area contributed by atoms with Crippen molar-refractivity contribution in [1.29, 1.82) is 0 Å². The Labute approximate surface area is 262 Å². The Morgan fingerprint density at radius 1 is 0.595 bits per heavy atom. The predicted molar refractivity (Wildman–Crippen MR) is 159 cm³/mol. The van der Waals surface area contributed by atoms with Crippen LogP contribution in [0.3, 0.4) is 0 Å². The molecule has 0 aliphatic carbocycles. The molecule has 0 amide bonds. The Balaban J connectivity index is 0.00000405. The fourth-order valence-electron chi connectivity index (χ4n) is 5.37. The van der Waals surface area contributed by atoms with E-state index in [0.29, 0.717) is 28.7 Å². The zero-order chi connectivity index (χ0) is 29.3. The molecule has 0 bridgehead atoms. The van der Waals surface area contributed by atoms with Crippen LogP contribution in [0.25, 0.3) is 44.3 Å². The molecule has 0 saturated carbocycles. The monoisotopic (exact) mass is 681 g/mol. The molecule has 42 heavy (non-hydrogen) atoms. The van der Waals surface area contributed by atoms with Gasteiger partial charge in [0.25, 0.3) is 0 Å². The number of halogens is 2. The van der Waals surface area contributed by atoms with Crippen molar-refractivity contribution in [1.82, 2.24) is 0 Å². The van der Waals surface area contributed by atoms with E-state index in [1.54, 1.807) is 47.7 Å². The van der Waals surface area contributed by atoms with Crippen molar-refractivity contribution in [2.24, 2.45) is 7.05 Å². The molecular weight excluding hydrogens is 648 g/mol. The van der Waals surface area contributed by atoms with Crippen LogP contribution in [0.4, 0.5) is 4.39 Å². The number of aromatic nitrogens is 1. The molecular formula is C34H33FINO5. The highest BCUT2D eigenvalue weighted by Gasteiger charge is 2.26. The van der Waals surface area contributed by atoms with Crippen molar-refractivity contribution >= 4 is 10.8 Å². The van der Waals surface area contributed by atoms with Crippen LogP contribution in [0.2, 0.25) is 0 Å². The summed E-state index contributed by atoms with van der Waals surface area (Å²) in [7, 11) is 10.1. The van der Waals surface area contributed by atoms with E-state index in [2.05, 4.69) is 22.8 Å². The Morgan fingerprint density at radius 3 is 1.83 bits per heavy atom. The minimum Gasteiger partial charge on any atom is -1.00 e. The van der Waals surface area contributed by atoms with Crippen molar-refractivity contribution < 1.29 is 56.6 Å².